The molecule has 5 heteroatoms. The van der Waals surface area contributed by atoms with E-state index in [-0.39, 0.29) is 0 Å². The van der Waals surface area contributed by atoms with Crippen LogP contribution in [0.2, 0.25) is 5.02 Å². The lowest BCUT2D eigenvalue weighted by molar-refractivity contribution is 0.416. The Labute approximate surface area is 123 Å². The number of hydrogen-bond donors (Lipinski definition) is 1. The molecule has 2 N–H and O–H groups in total. The van der Waals surface area contributed by atoms with Crippen molar-refractivity contribution in [2.45, 2.75) is 26.7 Å². The molecule has 108 valence electrons. The number of benzene rings is 1. The predicted octanol–water partition coefficient (Wildman–Crippen LogP) is 4.17. The molecule has 0 bridgehead atoms. The van der Waals surface area contributed by atoms with E-state index in [1.165, 1.54) is 0 Å². The van der Waals surface area contributed by atoms with Gasteiger partial charge in [-0.05, 0) is 37.0 Å². The minimum Gasteiger partial charge on any atom is -0.496 e. The Hall–Kier alpha value is -1.68. The molecule has 0 atom stereocenters. The Kier molecular flexibility index (Phi) is 4.55. The van der Waals surface area contributed by atoms with Crippen molar-refractivity contribution in [3.63, 3.8) is 0 Å². The van der Waals surface area contributed by atoms with Crippen molar-refractivity contribution < 1.29 is 9.26 Å². The Bertz CT molecular complexity index is 594. The summed E-state index contributed by atoms with van der Waals surface area (Å²) >= 11 is 6.08. The van der Waals surface area contributed by atoms with Gasteiger partial charge in [0.1, 0.15) is 5.75 Å². The number of anilines is 1. The van der Waals surface area contributed by atoms with Crippen molar-refractivity contribution in [2.75, 3.05) is 12.8 Å². The third kappa shape index (κ3) is 3.07. The first-order chi connectivity index (χ1) is 9.52. The highest BCUT2D eigenvalue weighted by molar-refractivity contribution is 6.31. The SMILES string of the molecule is COc1ccc(Cl)cc1-c1c(CCC(C)C)noc1N. The van der Waals surface area contributed by atoms with E-state index in [0.717, 1.165) is 29.7 Å². The fourth-order valence-electron chi connectivity index (χ4n) is 2.10. The number of aryl methyl sites for hydroxylation is 1. The fraction of sp³-hybridized carbons (Fsp3) is 0.400. The first-order valence-corrected chi connectivity index (χ1v) is 6.98. The fourth-order valence-corrected chi connectivity index (χ4v) is 2.27. The zero-order valence-corrected chi connectivity index (χ0v) is 12.7. The van der Waals surface area contributed by atoms with Crippen LogP contribution in [0.15, 0.2) is 22.7 Å². The zero-order valence-electron chi connectivity index (χ0n) is 11.9. The number of halogens is 1. The molecule has 1 heterocycles. The van der Waals surface area contributed by atoms with E-state index in [1.807, 2.05) is 12.1 Å². The molecule has 0 spiro atoms. The zero-order chi connectivity index (χ0) is 14.7. The molecule has 0 aliphatic rings. The summed E-state index contributed by atoms with van der Waals surface area (Å²) in [5.74, 6) is 1.58. The van der Waals surface area contributed by atoms with Gasteiger partial charge in [-0.3, -0.25) is 0 Å². The Morgan fingerprint density at radius 3 is 2.80 bits per heavy atom. The largest absolute Gasteiger partial charge is 0.496 e. The van der Waals surface area contributed by atoms with E-state index >= 15 is 0 Å². The van der Waals surface area contributed by atoms with Gasteiger partial charge >= 0.3 is 0 Å². The van der Waals surface area contributed by atoms with Crippen LogP contribution < -0.4 is 10.5 Å². The standard InChI is InChI=1S/C15H19ClN2O2/c1-9(2)4-6-12-14(15(17)20-18-12)11-8-10(16)5-7-13(11)19-3/h5,7-9H,4,6,17H2,1-3H3. The van der Waals surface area contributed by atoms with Gasteiger partial charge in [-0.15, -0.1) is 0 Å². The third-order valence-corrected chi connectivity index (χ3v) is 3.41. The first kappa shape index (κ1) is 14.7. The molecule has 0 radical (unpaired) electrons. The van der Waals surface area contributed by atoms with Crippen LogP contribution in [0.3, 0.4) is 0 Å². The minimum absolute atomic E-state index is 0.296. The average Bonchev–Trinajstić information content (AvgIpc) is 2.77. The summed E-state index contributed by atoms with van der Waals surface area (Å²) in [4.78, 5) is 0. The van der Waals surface area contributed by atoms with Gasteiger partial charge in [-0.25, -0.2) is 0 Å². The van der Waals surface area contributed by atoms with Crippen LogP contribution in [0.5, 0.6) is 5.75 Å². The van der Waals surface area contributed by atoms with Crippen LogP contribution in [0.25, 0.3) is 11.1 Å². The topological polar surface area (TPSA) is 61.3 Å². The second-order valence-corrected chi connectivity index (χ2v) is 5.58. The van der Waals surface area contributed by atoms with Crippen LogP contribution in [-0.2, 0) is 6.42 Å². The number of hydrogen-bond acceptors (Lipinski definition) is 4. The number of nitrogen functional groups attached to an aromatic ring is 1. The van der Waals surface area contributed by atoms with E-state index in [1.54, 1.807) is 13.2 Å². The maximum absolute atomic E-state index is 6.08. The number of methoxy groups -OCH3 is 1. The van der Waals surface area contributed by atoms with Crippen molar-refractivity contribution in [3.8, 4) is 16.9 Å². The van der Waals surface area contributed by atoms with Gasteiger partial charge in [0.15, 0.2) is 0 Å². The van der Waals surface area contributed by atoms with Gasteiger partial charge in [0.25, 0.3) is 0 Å². The molecule has 0 unspecified atom stereocenters. The highest BCUT2D eigenvalue weighted by atomic mass is 35.5. The molecule has 0 saturated heterocycles. The smallest absolute Gasteiger partial charge is 0.230 e. The molecule has 1 aromatic heterocycles. The van der Waals surface area contributed by atoms with Crippen LogP contribution >= 0.6 is 11.6 Å². The number of nitrogens with two attached hydrogens (primary N) is 1. The number of nitrogens with zero attached hydrogens (tertiary/aromatic N) is 1. The maximum atomic E-state index is 6.08. The monoisotopic (exact) mass is 294 g/mol. The molecule has 4 nitrogen and oxygen atoms in total. The summed E-state index contributed by atoms with van der Waals surface area (Å²) in [7, 11) is 1.62. The Morgan fingerprint density at radius 2 is 2.15 bits per heavy atom. The number of aromatic nitrogens is 1. The first-order valence-electron chi connectivity index (χ1n) is 6.60. The van der Waals surface area contributed by atoms with Gasteiger partial charge < -0.3 is 15.0 Å². The van der Waals surface area contributed by atoms with Crippen LogP contribution in [0, 0.1) is 5.92 Å². The lowest BCUT2D eigenvalue weighted by Gasteiger charge is -2.10. The van der Waals surface area contributed by atoms with Crippen molar-refractivity contribution in [1.29, 1.82) is 0 Å². The summed E-state index contributed by atoms with van der Waals surface area (Å²) in [6.07, 6.45) is 1.82. The molecular formula is C15H19ClN2O2. The highest BCUT2D eigenvalue weighted by Crippen LogP contribution is 2.38. The van der Waals surface area contributed by atoms with Gasteiger partial charge in [-0.2, -0.15) is 0 Å². The molecule has 2 rings (SSSR count). The average molecular weight is 295 g/mol. The molecule has 1 aromatic carbocycles. The Balaban J connectivity index is 2.46. The normalized spacial score (nSPS) is 11.1. The van der Waals surface area contributed by atoms with Crippen molar-refractivity contribution in [1.82, 2.24) is 5.16 Å². The van der Waals surface area contributed by atoms with Crippen molar-refractivity contribution >= 4 is 17.5 Å². The van der Waals surface area contributed by atoms with E-state index in [9.17, 15) is 0 Å². The summed E-state index contributed by atoms with van der Waals surface area (Å²) in [5, 5.41) is 4.69. The second kappa shape index (κ2) is 6.18. The lowest BCUT2D eigenvalue weighted by Crippen LogP contribution is -1.97. The number of ether oxygens (including phenoxy) is 1. The quantitative estimate of drug-likeness (QED) is 0.899. The molecule has 0 aliphatic carbocycles. The second-order valence-electron chi connectivity index (χ2n) is 5.15. The molecule has 2 aromatic rings. The Morgan fingerprint density at radius 1 is 1.40 bits per heavy atom. The number of rotatable bonds is 5. The molecule has 0 aliphatic heterocycles. The van der Waals surface area contributed by atoms with Gasteiger partial charge in [0.05, 0.1) is 18.4 Å². The maximum Gasteiger partial charge on any atom is 0.230 e. The molecule has 0 saturated carbocycles. The van der Waals surface area contributed by atoms with Crippen LogP contribution in [0.4, 0.5) is 5.88 Å². The molecular weight excluding hydrogens is 276 g/mol. The van der Waals surface area contributed by atoms with Crippen LogP contribution in [0.1, 0.15) is 26.0 Å². The molecule has 0 amide bonds. The summed E-state index contributed by atoms with van der Waals surface area (Å²) in [5.41, 5.74) is 8.37. The van der Waals surface area contributed by atoms with Crippen molar-refractivity contribution in [2.24, 2.45) is 5.92 Å². The van der Waals surface area contributed by atoms with E-state index < -0.39 is 0 Å². The summed E-state index contributed by atoms with van der Waals surface area (Å²) in [6.45, 7) is 4.34. The minimum atomic E-state index is 0.296. The molecule has 20 heavy (non-hydrogen) atoms. The van der Waals surface area contributed by atoms with E-state index in [2.05, 4.69) is 19.0 Å². The van der Waals surface area contributed by atoms with Gasteiger partial charge in [0.2, 0.25) is 5.88 Å². The van der Waals surface area contributed by atoms with E-state index in [0.29, 0.717) is 22.6 Å². The van der Waals surface area contributed by atoms with Gasteiger partial charge in [0, 0.05) is 10.6 Å². The molecule has 0 fully saturated rings. The lowest BCUT2D eigenvalue weighted by atomic mass is 9.99. The summed E-state index contributed by atoms with van der Waals surface area (Å²) < 4.78 is 10.5. The van der Waals surface area contributed by atoms with Crippen LogP contribution in [-0.4, -0.2) is 12.3 Å². The third-order valence-electron chi connectivity index (χ3n) is 3.18. The van der Waals surface area contributed by atoms with Gasteiger partial charge in [-0.1, -0.05) is 30.6 Å². The predicted molar refractivity (Wildman–Crippen MR) is 81.1 cm³/mol. The highest BCUT2D eigenvalue weighted by Gasteiger charge is 2.19. The summed E-state index contributed by atoms with van der Waals surface area (Å²) in [6, 6.07) is 5.42. The van der Waals surface area contributed by atoms with Crippen molar-refractivity contribution in [3.05, 3.63) is 28.9 Å². The van der Waals surface area contributed by atoms with E-state index in [4.69, 9.17) is 26.6 Å².